The lowest BCUT2D eigenvalue weighted by atomic mass is 10.0. The molecule has 0 aliphatic carbocycles. The Morgan fingerprint density at radius 3 is 2.28 bits per heavy atom. The van der Waals surface area contributed by atoms with Gasteiger partial charge in [-0.2, -0.15) is 0 Å². The molecule has 1 aliphatic rings. The van der Waals surface area contributed by atoms with Crippen LogP contribution in [0.25, 0.3) is 0 Å². The van der Waals surface area contributed by atoms with Gasteiger partial charge in [0.05, 0.1) is 6.54 Å². The van der Waals surface area contributed by atoms with Crippen LogP contribution < -0.4 is 10.6 Å². The van der Waals surface area contributed by atoms with E-state index in [1.54, 1.807) is 0 Å². The van der Waals surface area contributed by atoms with Crippen LogP contribution in [-0.4, -0.2) is 59.9 Å². The van der Waals surface area contributed by atoms with Crippen LogP contribution in [0.4, 0.5) is 5.69 Å². The molecule has 6 nitrogen and oxygen atoms in total. The highest BCUT2D eigenvalue weighted by molar-refractivity contribution is 5.95. The maximum absolute atomic E-state index is 13.4. The number of carbonyl (C=O) groups excluding carboxylic acids is 2. The monoisotopic (exact) mass is 436 g/mol. The van der Waals surface area contributed by atoms with Gasteiger partial charge in [0, 0.05) is 30.9 Å². The highest BCUT2D eigenvalue weighted by atomic mass is 16.2. The average Bonchev–Trinajstić information content (AvgIpc) is 2.95. The molecule has 0 bridgehead atoms. The van der Waals surface area contributed by atoms with Crippen molar-refractivity contribution >= 4 is 17.5 Å². The molecule has 1 fully saturated rings. The van der Waals surface area contributed by atoms with Gasteiger partial charge in [0.1, 0.15) is 6.04 Å². The predicted molar refractivity (Wildman–Crippen MR) is 130 cm³/mol. The van der Waals surface area contributed by atoms with E-state index < -0.39 is 0 Å². The van der Waals surface area contributed by atoms with Crippen LogP contribution in [0, 0.1) is 6.92 Å². The molecule has 1 atom stereocenters. The summed E-state index contributed by atoms with van der Waals surface area (Å²) in [7, 11) is 0. The van der Waals surface area contributed by atoms with Crippen LogP contribution in [-0.2, 0) is 9.59 Å². The zero-order valence-corrected chi connectivity index (χ0v) is 19.7. The summed E-state index contributed by atoms with van der Waals surface area (Å²) in [5.74, 6) is 0.0154. The Morgan fingerprint density at radius 1 is 0.938 bits per heavy atom. The number of rotatable bonds is 6. The second-order valence-corrected chi connectivity index (χ2v) is 9.63. The van der Waals surface area contributed by atoms with E-state index >= 15 is 0 Å². The van der Waals surface area contributed by atoms with Gasteiger partial charge in [-0.15, -0.1) is 0 Å². The van der Waals surface area contributed by atoms with Crippen LogP contribution in [0.15, 0.2) is 54.6 Å². The summed E-state index contributed by atoms with van der Waals surface area (Å²) in [5, 5.41) is 6.13. The summed E-state index contributed by atoms with van der Waals surface area (Å²) in [4.78, 5) is 30.2. The SMILES string of the molecule is Cc1ccc(NC(=O)C(c2ccccc2)N2CCCN(CC(=O)NC(C)(C)C)CC2)cc1. The lowest BCUT2D eigenvalue weighted by Gasteiger charge is -2.30. The Morgan fingerprint density at radius 2 is 1.62 bits per heavy atom. The molecule has 2 aromatic carbocycles. The van der Waals surface area contributed by atoms with E-state index in [1.807, 2.05) is 82.3 Å². The van der Waals surface area contributed by atoms with Crippen LogP contribution >= 0.6 is 0 Å². The van der Waals surface area contributed by atoms with Gasteiger partial charge in [0.2, 0.25) is 11.8 Å². The average molecular weight is 437 g/mol. The summed E-state index contributed by atoms with van der Waals surface area (Å²) in [6.45, 7) is 11.5. The zero-order chi connectivity index (χ0) is 23.1. The summed E-state index contributed by atoms with van der Waals surface area (Å²) in [6, 6.07) is 17.4. The maximum Gasteiger partial charge on any atom is 0.246 e. The highest BCUT2D eigenvalue weighted by Gasteiger charge is 2.30. The predicted octanol–water partition coefficient (Wildman–Crippen LogP) is 3.60. The van der Waals surface area contributed by atoms with Gasteiger partial charge in [-0.3, -0.25) is 19.4 Å². The van der Waals surface area contributed by atoms with Gasteiger partial charge >= 0.3 is 0 Å². The van der Waals surface area contributed by atoms with Crippen molar-refractivity contribution in [2.75, 3.05) is 38.0 Å². The second-order valence-electron chi connectivity index (χ2n) is 9.63. The van der Waals surface area contributed by atoms with Crippen molar-refractivity contribution in [1.29, 1.82) is 0 Å². The van der Waals surface area contributed by atoms with E-state index in [0.717, 1.165) is 49.4 Å². The molecule has 2 aromatic rings. The standard InChI is InChI=1S/C26H36N4O2/c1-20-11-13-22(14-12-20)27-25(32)24(21-9-6-5-7-10-21)30-16-8-15-29(17-18-30)19-23(31)28-26(2,3)4/h5-7,9-14,24H,8,15-19H2,1-4H3,(H,27,32)(H,28,31). The minimum atomic E-state index is -0.374. The molecule has 1 aliphatic heterocycles. The van der Waals surface area contributed by atoms with E-state index in [9.17, 15) is 9.59 Å². The number of anilines is 1. The lowest BCUT2D eigenvalue weighted by Crippen LogP contribution is -2.46. The minimum absolute atomic E-state index is 0.0287. The molecule has 1 heterocycles. The molecule has 1 unspecified atom stereocenters. The molecule has 0 saturated carbocycles. The first-order valence-electron chi connectivity index (χ1n) is 11.4. The van der Waals surface area contributed by atoms with E-state index in [1.165, 1.54) is 0 Å². The molecule has 0 aromatic heterocycles. The van der Waals surface area contributed by atoms with Crippen LogP contribution in [0.3, 0.4) is 0 Å². The summed E-state index contributed by atoms with van der Waals surface area (Å²) in [6.07, 6.45) is 0.907. The Kier molecular flexibility index (Phi) is 8.04. The molecule has 0 radical (unpaired) electrons. The first-order chi connectivity index (χ1) is 15.2. The normalized spacial score (nSPS) is 16.8. The van der Waals surface area contributed by atoms with Gasteiger partial charge < -0.3 is 10.6 Å². The Labute approximate surface area is 192 Å². The molecule has 1 saturated heterocycles. The van der Waals surface area contributed by atoms with Gasteiger partial charge in [-0.25, -0.2) is 0 Å². The lowest BCUT2D eigenvalue weighted by molar-refractivity contribution is -0.124. The Balaban J connectivity index is 1.70. The van der Waals surface area contributed by atoms with E-state index in [4.69, 9.17) is 0 Å². The van der Waals surface area contributed by atoms with Crippen molar-refractivity contribution in [3.8, 4) is 0 Å². The summed E-state index contributed by atoms with van der Waals surface area (Å²) < 4.78 is 0. The number of hydrogen-bond donors (Lipinski definition) is 2. The fourth-order valence-corrected chi connectivity index (χ4v) is 4.08. The van der Waals surface area contributed by atoms with Crippen LogP contribution in [0.1, 0.15) is 44.4 Å². The summed E-state index contributed by atoms with van der Waals surface area (Å²) >= 11 is 0. The molecule has 6 heteroatoms. The first-order valence-corrected chi connectivity index (χ1v) is 11.4. The van der Waals surface area contributed by atoms with Crippen LogP contribution in [0.5, 0.6) is 0 Å². The summed E-state index contributed by atoms with van der Waals surface area (Å²) in [5.41, 5.74) is 2.71. The molecule has 0 spiro atoms. The molecule has 2 amide bonds. The zero-order valence-electron chi connectivity index (χ0n) is 19.7. The van der Waals surface area contributed by atoms with E-state index in [2.05, 4.69) is 20.4 Å². The molecule has 2 N–H and O–H groups in total. The quantitative estimate of drug-likeness (QED) is 0.726. The van der Waals surface area contributed by atoms with Crippen molar-refractivity contribution in [2.24, 2.45) is 0 Å². The molecular formula is C26H36N4O2. The van der Waals surface area contributed by atoms with Crippen molar-refractivity contribution in [1.82, 2.24) is 15.1 Å². The Hall–Kier alpha value is -2.70. The number of aryl methyl sites for hydroxylation is 1. The number of nitrogens with zero attached hydrogens (tertiary/aromatic N) is 2. The van der Waals surface area contributed by atoms with E-state index in [0.29, 0.717) is 6.54 Å². The van der Waals surface area contributed by atoms with Gasteiger partial charge in [0.15, 0.2) is 0 Å². The van der Waals surface area contributed by atoms with Gasteiger partial charge in [-0.1, -0.05) is 48.0 Å². The van der Waals surface area contributed by atoms with Crippen molar-refractivity contribution in [3.63, 3.8) is 0 Å². The first kappa shape index (κ1) is 24.0. The molecular weight excluding hydrogens is 400 g/mol. The van der Waals surface area contributed by atoms with Crippen molar-refractivity contribution < 1.29 is 9.59 Å². The third-order valence-electron chi connectivity index (χ3n) is 5.55. The van der Waals surface area contributed by atoms with Gasteiger partial charge in [0.25, 0.3) is 0 Å². The maximum atomic E-state index is 13.4. The molecule has 172 valence electrons. The third-order valence-corrected chi connectivity index (χ3v) is 5.55. The second kappa shape index (κ2) is 10.7. The minimum Gasteiger partial charge on any atom is -0.350 e. The van der Waals surface area contributed by atoms with E-state index in [-0.39, 0.29) is 23.4 Å². The third kappa shape index (κ3) is 7.18. The number of benzene rings is 2. The number of nitrogens with one attached hydrogen (secondary N) is 2. The van der Waals surface area contributed by atoms with Crippen LogP contribution in [0.2, 0.25) is 0 Å². The van der Waals surface area contributed by atoms with Crippen molar-refractivity contribution in [2.45, 2.75) is 45.7 Å². The smallest absolute Gasteiger partial charge is 0.246 e. The number of hydrogen-bond acceptors (Lipinski definition) is 4. The number of amides is 2. The van der Waals surface area contributed by atoms with Crippen molar-refractivity contribution in [3.05, 3.63) is 65.7 Å². The number of carbonyl (C=O) groups is 2. The topological polar surface area (TPSA) is 64.7 Å². The fourth-order valence-electron chi connectivity index (χ4n) is 4.08. The highest BCUT2D eigenvalue weighted by Crippen LogP contribution is 2.24. The largest absolute Gasteiger partial charge is 0.350 e. The van der Waals surface area contributed by atoms with Gasteiger partial charge in [-0.05, 0) is 58.4 Å². The fraction of sp³-hybridized carbons (Fsp3) is 0.462. The molecule has 32 heavy (non-hydrogen) atoms. The molecule has 3 rings (SSSR count). The Bertz CT molecular complexity index is 890.